The minimum Gasteiger partial charge on any atom is -0.481 e. The molecule has 16 heavy (non-hydrogen) atoms. The molecule has 0 bridgehead atoms. The second-order valence-corrected chi connectivity index (χ2v) is 3.49. The number of nitrogens with two attached hydrogens (primary N) is 1. The van der Waals surface area contributed by atoms with E-state index >= 15 is 0 Å². The van der Waals surface area contributed by atoms with Gasteiger partial charge in [0.25, 0.3) is 5.69 Å². The lowest BCUT2D eigenvalue weighted by Gasteiger charge is -2.08. The zero-order valence-electron chi connectivity index (χ0n) is 8.50. The monoisotopic (exact) mass is 224 g/mol. The summed E-state index contributed by atoms with van der Waals surface area (Å²) < 4.78 is 0. The number of benzene rings is 1. The Kier molecular flexibility index (Phi) is 3.96. The van der Waals surface area contributed by atoms with Gasteiger partial charge in [-0.3, -0.25) is 14.9 Å². The molecule has 1 atom stereocenters. The maximum absolute atomic E-state index is 10.4. The van der Waals surface area contributed by atoms with Crippen molar-refractivity contribution in [2.45, 2.75) is 18.9 Å². The van der Waals surface area contributed by atoms with Crippen LogP contribution in [0.4, 0.5) is 5.69 Å². The summed E-state index contributed by atoms with van der Waals surface area (Å²) in [6.45, 7) is 0. The largest absolute Gasteiger partial charge is 0.481 e. The fourth-order valence-corrected chi connectivity index (χ4v) is 1.35. The molecule has 6 nitrogen and oxygen atoms in total. The highest BCUT2D eigenvalue weighted by molar-refractivity contribution is 5.67. The average molecular weight is 224 g/mol. The number of nitrogens with zero attached hydrogens (tertiary/aromatic N) is 1. The highest BCUT2D eigenvalue weighted by Gasteiger charge is 2.10. The van der Waals surface area contributed by atoms with Gasteiger partial charge in [-0.2, -0.15) is 0 Å². The predicted molar refractivity (Wildman–Crippen MR) is 57.0 cm³/mol. The molecule has 0 amide bonds. The van der Waals surface area contributed by atoms with Crippen molar-refractivity contribution >= 4 is 11.7 Å². The van der Waals surface area contributed by atoms with Crippen LogP contribution in [0.2, 0.25) is 0 Å². The highest BCUT2D eigenvalue weighted by atomic mass is 16.6. The van der Waals surface area contributed by atoms with Crippen molar-refractivity contribution < 1.29 is 14.8 Å². The Labute approximate surface area is 91.8 Å². The molecule has 86 valence electrons. The molecule has 0 saturated heterocycles. The van der Waals surface area contributed by atoms with E-state index in [1.54, 1.807) is 12.1 Å². The number of carboxylic acid groups (broad SMARTS) is 1. The Morgan fingerprint density at radius 3 is 2.44 bits per heavy atom. The molecule has 0 heterocycles. The van der Waals surface area contributed by atoms with Gasteiger partial charge in [0.05, 0.1) is 11.3 Å². The fraction of sp³-hybridized carbons (Fsp3) is 0.300. The van der Waals surface area contributed by atoms with Crippen molar-refractivity contribution in [1.82, 2.24) is 0 Å². The Balaban J connectivity index is 2.61. The lowest BCUT2D eigenvalue weighted by molar-refractivity contribution is -0.384. The third-order valence-corrected chi connectivity index (χ3v) is 2.08. The second-order valence-electron chi connectivity index (χ2n) is 3.49. The third-order valence-electron chi connectivity index (χ3n) is 2.08. The van der Waals surface area contributed by atoms with E-state index in [0.717, 1.165) is 5.56 Å². The Bertz CT molecular complexity index is 388. The van der Waals surface area contributed by atoms with Gasteiger partial charge < -0.3 is 10.8 Å². The lowest BCUT2D eigenvalue weighted by Crippen LogP contribution is -2.26. The van der Waals surface area contributed by atoms with Crippen LogP contribution in [0.5, 0.6) is 0 Å². The number of non-ortho nitro benzene ring substituents is 1. The summed E-state index contributed by atoms with van der Waals surface area (Å²) in [6.07, 6.45) is 0.279. The molecular weight excluding hydrogens is 212 g/mol. The lowest BCUT2D eigenvalue weighted by atomic mass is 10.0. The van der Waals surface area contributed by atoms with Crippen LogP contribution in [0.15, 0.2) is 24.3 Å². The number of carboxylic acids is 1. The van der Waals surface area contributed by atoms with Crippen LogP contribution in [0.1, 0.15) is 12.0 Å². The smallest absolute Gasteiger partial charge is 0.304 e. The highest BCUT2D eigenvalue weighted by Crippen LogP contribution is 2.13. The van der Waals surface area contributed by atoms with E-state index in [0.29, 0.717) is 6.42 Å². The molecule has 0 aromatic heterocycles. The topological polar surface area (TPSA) is 106 Å². The van der Waals surface area contributed by atoms with E-state index < -0.39 is 16.9 Å². The third kappa shape index (κ3) is 3.66. The quantitative estimate of drug-likeness (QED) is 0.571. The molecule has 0 spiro atoms. The number of nitro groups is 1. The summed E-state index contributed by atoms with van der Waals surface area (Å²) in [5, 5.41) is 18.9. The Morgan fingerprint density at radius 1 is 1.44 bits per heavy atom. The molecule has 0 aliphatic carbocycles. The molecule has 0 aliphatic heterocycles. The number of hydrogen-bond acceptors (Lipinski definition) is 4. The molecule has 1 rings (SSSR count). The van der Waals surface area contributed by atoms with Crippen molar-refractivity contribution in [2.24, 2.45) is 5.73 Å². The summed E-state index contributed by atoms with van der Waals surface area (Å²) >= 11 is 0. The molecule has 3 N–H and O–H groups in total. The fourth-order valence-electron chi connectivity index (χ4n) is 1.35. The normalized spacial score (nSPS) is 12.1. The van der Waals surface area contributed by atoms with E-state index in [-0.39, 0.29) is 12.1 Å². The van der Waals surface area contributed by atoms with Gasteiger partial charge in [-0.15, -0.1) is 0 Å². The van der Waals surface area contributed by atoms with Crippen molar-refractivity contribution in [3.63, 3.8) is 0 Å². The maximum Gasteiger partial charge on any atom is 0.304 e. The summed E-state index contributed by atoms with van der Waals surface area (Å²) in [7, 11) is 0. The van der Waals surface area contributed by atoms with Gasteiger partial charge in [0.2, 0.25) is 0 Å². The van der Waals surface area contributed by atoms with Crippen LogP contribution in [-0.2, 0) is 11.2 Å². The first kappa shape index (κ1) is 12.1. The first-order valence-corrected chi connectivity index (χ1v) is 4.69. The zero-order valence-corrected chi connectivity index (χ0v) is 8.50. The van der Waals surface area contributed by atoms with Crippen LogP contribution >= 0.6 is 0 Å². The van der Waals surface area contributed by atoms with E-state index in [1.165, 1.54) is 12.1 Å². The minimum absolute atomic E-state index is 0.00977. The number of carbonyl (C=O) groups is 1. The summed E-state index contributed by atoms with van der Waals surface area (Å²) in [6, 6.07) is 5.45. The van der Waals surface area contributed by atoms with Crippen molar-refractivity contribution in [3.05, 3.63) is 39.9 Å². The van der Waals surface area contributed by atoms with Crippen molar-refractivity contribution in [2.75, 3.05) is 0 Å². The summed E-state index contributed by atoms with van der Waals surface area (Å²) in [4.78, 5) is 20.3. The molecule has 0 fully saturated rings. The maximum atomic E-state index is 10.4. The van der Waals surface area contributed by atoms with Gasteiger partial charge in [-0.05, 0) is 12.0 Å². The molecule has 1 aromatic rings. The molecular formula is C10H12N2O4. The first-order valence-electron chi connectivity index (χ1n) is 4.69. The Morgan fingerprint density at radius 2 is 2.00 bits per heavy atom. The molecule has 0 unspecified atom stereocenters. The number of aliphatic carboxylic acids is 1. The summed E-state index contributed by atoms with van der Waals surface area (Å²) in [5.74, 6) is -0.950. The zero-order chi connectivity index (χ0) is 12.1. The van der Waals surface area contributed by atoms with Crippen LogP contribution in [-0.4, -0.2) is 22.0 Å². The van der Waals surface area contributed by atoms with Crippen LogP contribution in [0.3, 0.4) is 0 Å². The molecule has 1 aromatic carbocycles. The van der Waals surface area contributed by atoms with E-state index in [1.807, 2.05) is 0 Å². The first-order chi connectivity index (χ1) is 7.49. The number of hydrogen-bond donors (Lipinski definition) is 2. The molecule has 0 saturated carbocycles. The second kappa shape index (κ2) is 5.22. The Hall–Kier alpha value is -1.95. The van der Waals surface area contributed by atoms with Gasteiger partial charge in [0.15, 0.2) is 0 Å². The van der Waals surface area contributed by atoms with Gasteiger partial charge in [-0.1, -0.05) is 12.1 Å². The number of rotatable bonds is 5. The summed E-state index contributed by atoms with van der Waals surface area (Å²) in [5.41, 5.74) is 6.39. The minimum atomic E-state index is -0.950. The van der Waals surface area contributed by atoms with E-state index in [2.05, 4.69) is 0 Å². The molecule has 0 aliphatic rings. The van der Waals surface area contributed by atoms with Gasteiger partial charge in [0, 0.05) is 18.2 Å². The standard InChI is InChI=1S/C10H12N2O4/c11-8(6-10(13)14)5-7-1-3-9(4-2-7)12(15)16/h1-4,8H,5-6,11H2,(H,13,14)/t8-/m1/s1. The predicted octanol–water partition coefficient (Wildman–Crippen LogP) is 0.939. The van der Waals surface area contributed by atoms with Gasteiger partial charge in [-0.25, -0.2) is 0 Å². The van der Waals surface area contributed by atoms with Gasteiger partial charge >= 0.3 is 5.97 Å². The molecule has 0 radical (unpaired) electrons. The SMILES string of the molecule is N[C@@H](CC(=O)O)Cc1ccc([N+](=O)[O-])cc1. The van der Waals surface area contributed by atoms with E-state index in [4.69, 9.17) is 10.8 Å². The van der Waals surface area contributed by atoms with Crippen LogP contribution in [0, 0.1) is 10.1 Å². The van der Waals surface area contributed by atoms with E-state index in [9.17, 15) is 14.9 Å². The van der Waals surface area contributed by atoms with Crippen LogP contribution < -0.4 is 5.73 Å². The number of nitro benzene ring substituents is 1. The van der Waals surface area contributed by atoms with Crippen molar-refractivity contribution in [1.29, 1.82) is 0 Å². The van der Waals surface area contributed by atoms with Crippen molar-refractivity contribution in [3.8, 4) is 0 Å². The average Bonchev–Trinajstić information content (AvgIpc) is 2.16. The molecule has 6 heteroatoms. The van der Waals surface area contributed by atoms with Gasteiger partial charge in [0.1, 0.15) is 0 Å². The van der Waals surface area contributed by atoms with Crippen LogP contribution in [0.25, 0.3) is 0 Å².